The fourth-order valence-electron chi connectivity index (χ4n) is 2.05. The van der Waals surface area contributed by atoms with Crippen LogP contribution >= 0.6 is 0 Å². The lowest BCUT2D eigenvalue weighted by atomic mass is 10.1. The Morgan fingerprint density at radius 2 is 2.38 bits per heavy atom. The smallest absolute Gasteiger partial charge is 0.404 e. The van der Waals surface area contributed by atoms with Crippen LogP contribution in [0.4, 0.5) is 16.3 Å². The predicted octanol–water partition coefficient (Wildman–Crippen LogP) is 0.752. The Balaban J connectivity index is 1.99. The van der Waals surface area contributed by atoms with E-state index in [1.807, 2.05) is 24.9 Å². The van der Waals surface area contributed by atoms with E-state index in [2.05, 4.69) is 15.6 Å². The lowest BCUT2D eigenvalue weighted by Crippen LogP contribution is -2.33. The second-order valence-electron chi connectivity index (χ2n) is 5.02. The van der Waals surface area contributed by atoms with Gasteiger partial charge in [0.15, 0.2) is 0 Å². The number of anilines is 2. The average Bonchev–Trinajstić information content (AvgIpc) is 2.44. The van der Waals surface area contributed by atoms with Crippen molar-refractivity contribution in [1.29, 1.82) is 0 Å². The summed E-state index contributed by atoms with van der Waals surface area (Å²) in [6, 6.07) is 3.63. The molecule has 1 amide bonds. The molecule has 1 aromatic rings. The third kappa shape index (κ3) is 3.98. The van der Waals surface area contributed by atoms with Gasteiger partial charge in [0.05, 0.1) is 5.69 Å². The van der Waals surface area contributed by atoms with Crippen molar-refractivity contribution in [3.63, 3.8) is 0 Å². The molecule has 114 valence electrons. The first kappa shape index (κ1) is 14.9. The molecule has 0 radical (unpaired) electrons. The number of esters is 1. The molecule has 1 atom stereocenters. The highest BCUT2D eigenvalue weighted by atomic mass is 16.5. The molecule has 1 aliphatic heterocycles. The first-order valence-electron chi connectivity index (χ1n) is 6.59. The van der Waals surface area contributed by atoms with Crippen LogP contribution in [0.25, 0.3) is 0 Å². The number of hydrogen-bond acceptors (Lipinski definition) is 6. The number of carbonyl (C=O) groups excluding carboxylic acids is 1. The van der Waals surface area contributed by atoms with Crippen molar-refractivity contribution in [3.8, 4) is 5.88 Å². The molecule has 0 spiro atoms. The fourth-order valence-corrected chi connectivity index (χ4v) is 2.05. The van der Waals surface area contributed by atoms with Crippen LogP contribution in [0.3, 0.4) is 0 Å². The van der Waals surface area contributed by atoms with E-state index in [1.54, 1.807) is 6.07 Å². The molecule has 2 rings (SSSR count). The summed E-state index contributed by atoms with van der Waals surface area (Å²) in [5.41, 5.74) is 0.687. The Labute approximate surface area is 122 Å². The number of rotatable bonds is 5. The van der Waals surface area contributed by atoms with Gasteiger partial charge in [0, 0.05) is 20.1 Å². The zero-order chi connectivity index (χ0) is 15.4. The van der Waals surface area contributed by atoms with Crippen LogP contribution in [-0.4, -0.2) is 48.8 Å². The molecular weight excluding hydrogens is 276 g/mol. The second-order valence-corrected chi connectivity index (χ2v) is 5.02. The first-order valence-corrected chi connectivity index (χ1v) is 6.59. The van der Waals surface area contributed by atoms with Gasteiger partial charge in [-0.15, -0.1) is 0 Å². The van der Waals surface area contributed by atoms with Crippen LogP contribution in [0.15, 0.2) is 12.1 Å². The second kappa shape index (κ2) is 6.29. The number of nitrogens with one attached hydrogen (secondary N) is 2. The molecule has 8 heteroatoms. The van der Waals surface area contributed by atoms with E-state index in [1.165, 1.54) is 0 Å². The van der Waals surface area contributed by atoms with Gasteiger partial charge in [-0.2, -0.15) is 4.98 Å². The third-order valence-corrected chi connectivity index (χ3v) is 3.06. The van der Waals surface area contributed by atoms with Crippen molar-refractivity contribution in [3.05, 3.63) is 12.1 Å². The van der Waals surface area contributed by atoms with Crippen molar-refractivity contribution in [2.75, 3.05) is 36.9 Å². The summed E-state index contributed by atoms with van der Waals surface area (Å²) in [6.45, 7) is 3.06. The number of ether oxygens (including phenoxy) is 1. The normalized spacial score (nSPS) is 14.5. The molecule has 3 N–H and O–H groups in total. The monoisotopic (exact) mass is 294 g/mol. The minimum Gasteiger partial charge on any atom is -0.465 e. The lowest BCUT2D eigenvalue weighted by Gasteiger charge is -2.24. The number of nitrogens with zero attached hydrogens (tertiary/aromatic N) is 2. The van der Waals surface area contributed by atoms with Crippen LogP contribution in [0.1, 0.15) is 6.92 Å². The summed E-state index contributed by atoms with van der Waals surface area (Å²) >= 11 is 0. The van der Waals surface area contributed by atoms with Gasteiger partial charge in [0.1, 0.15) is 12.4 Å². The zero-order valence-corrected chi connectivity index (χ0v) is 11.9. The number of carbonyl (C=O) groups is 2. The van der Waals surface area contributed by atoms with Gasteiger partial charge >= 0.3 is 12.1 Å². The highest BCUT2D eigenvalue weighted by molar-refractivity contribution is 5.82. The molecule has 0 aromatic carbocycles. The maximum absolute atomic E-state index is 11.2. The van der Waals surface area contributed by atoms with Gasteiger partial charge in [-0.3, -0.25) is 0 Å². The maximum Gasteiger partial charge on any atom is 0.404 e. The summed E-state index contributed by atoms with van der Waals surface area (Å²) in [7, 11) is 1.85. The minimum atomic E-state index is -1.03. The van der Waals surface area contributed by atoms with Gasteiger partial charge in [-0.05, 0) is 18.1 Å². The molecule has 0 fully saturated rings. The van der Waals surface area contributed by atoms with E-state index in [9.17, 15) is 9.59 Å². The van der Waals surface area contributed by atoms with E-state index >= 15 is 0 Å². The van der Waals surface area contributed by atoms with E-state index in [0.29, 0.717) is 24.6 Å². The lowest BCUT2D eigenvalue weighted by molar-refractivity contribution is -0.133. The SMILES string of the molecule is CC(CNC(=O)O)CN(C)c1ccc2c(n1)OC(=O)CN2. The maximum atomic E-state index is 11.2. The highest BCUT2D eigenvalue weighted by Crippen LogP contribution is 2.27. The van der Waals surface area contributed by atoms with Gasteiger partial charge in [0.25, 0.3) is 0 Å². The largest absolute Gasteiger partial charge is 0.465 e. The first-order chi connectivity index (χ1) is 9.95. The molecular formula is C13H18N4O4. The molecule has 1 aliphatic rings. The molecule has 0 bridgehead atoms. The Morgan fingerprint density at radius 1 is 1.62 bits per heavy atom. The Kier molecular flexibility index (Phi) is 4.46. The zero-order valence-electron chi connectivity index (χ0n) is 11.9. The van der Waals surface area contributed by atoms with Crippen molar-refractivity contribution in [2.45, 2.75) is 6.92 Å². The van der Waals surface area contributed by atoms with Gasteiger partial charge < -0.3 is 25.4 Å². The number of hydrogen-bond donors (Lipinski definition) is 3. The molecule has 0 saturated heterocycles. The van der Waals surface area contributed by atoms with E-state index in [4.69, 9.17) is 9.84 Å². The van der Waals surface area contributed by atoms with E-state index in [-0.39, 0.29) is 24.3 Å². The van der Waals surface area contributed by atoms with E-state index in [0.717, 1.165) is 0 Å². The molecule has 2 heterocycles. The number of fused-ring (bicyclic) bond motifs is 1. The molecule has 0 saturated carbocycles. The number of aromatic nitrogens is 1. The van der Waals surface area contributed by atoms with Crippen molar-refractivity contribution < 1.29 is 19.4 Å². The average molecular weight is 294 g/mol. The molecule has 21 heavy (non-hydrogen) atoms. The summed E-state index contributed by atoms with van der Waals surface area (Å²) in [5.74, 6) is 0.678. The summed E-state index contributed by atoms with van der Waals surface area (Å²) in [6.07, 6.45) is -1.03. The van der Waals surface area contributed by atoms with Crippen molar-refractivity contribution >= 4 is 23.6 Å². The van der Waals surface area contributed by atoms with Gasteiger partial charge in [-0.1, -0.05) is 6.92 Å². The van der Waals surface area contributed by atoms with Crippen LogP contribution in [0.2, 0.25) is 0 Å². The molecule has 1 unspecified atom stereocenters. The van der Waals surface area contributed by atoms with Crippen LogP contribution in [0, 0.1) is 5.92 Å². The molecule has 8 nitrogen and oxygen atoms in total. The quantitative estimate of drug-likeness (QED) is 0.688. The summed E-state index contributed by atoms with van der Waals surface area (Å²) in [5, 5.41) is 13.8. The van der Waals surface area contributed by atoms with Crippen molar-refractivity contribution in [1.82, 2.24) is 10.3 Å². The Hall–Kier alpha value is -2.51. The summed E-state index contributed by atoms with van der Waals surface area (Å²) in [4.78, 5) is 27.9. The fraction of sp³-hybridized carbons (Fsp3) is 0.462. The standard InChI is InChI=1S/C13H18N4O4/c1-8(5-15-13(19)20)7-17(2)10-4-3-9-12(16-10)21-11(18)6-14-9/h3-4,8,14-15H,5-7H2,1-2H3,(H,19,20). The summed E-state index contributed by atoms with van der Waals surface area (Å²) < 4.78 is 5.08. The predicted molar refractivity (Wildman–Crippen MR) is 76.8 cm³/mol. The number of pyridine rings is 1. The van der Waals surface area contributed by atoms with E-state index < -0.39 is 6.09 Å². The topological polar surface area (TPSA) is 104 Å². The Bertz CT molecular complexity index is 549. The van der Waals surface area contributed by atoms with Gasteiger partial charge in [0.2, 0.25) is 5.88 Å². The van der Waals surface area contributed by atoms with Gasteiger partial charge in [-0.25, -0.2) is 9.59 Å². The Morgan fingerprint density at radius 3 is 3.10 bits per heavy atom. The molecule has 0 aliphatic carbocycles. The van der Waals surface area contributed by atoms with Crippen LogP contribution in [-0.2, 0) is 4.79 Å². The van der Waals surface area contributed by atoms with Crippen LogP contribution in [0.5, 0.6) is 5.88 Å². The minimum absolute atomic E-state index is 0.115. The third-order valence-electron chi connectivity index (χ3n) is 3.06. The molecule has 1 aromatic heterocycles. The highest BCUT2D eigenvalue weighted by Gasteiger charge is 2.19. The number of carboxylic acid groups (broad SMARTS) is 1. The van der Waals surface area contributed by atoms with Crippen molar-refractivity contribution in [2.24, 2.45) is 5.92 Å². The van der Waals surface area contributed by atoms with Crippen LogP contribution < -0.4 is 20.3 Å². The number of amides is 1.